The van der Waals surface area contributed by atoms with Gasteiger partial charge in [-0.1, -0.05) is 0 Å². The van der Waals surface area contributed by atoms with Crippen LogP contribution in [-0.2, 0) is 9.53 Å². The molecule has 0 spiro atoms. The molecule has 3 rings (SSSR count). The zero-order valence-corrected chi connectivity index (χ0v) is 10.4. The average molecular weight is 241 g/mol. The van der Waals surface area contributed by atoms with Gasteiger partial charge in [0.1, 0.15) is 5.60 Å². The van der Waals surface area contributed by atoms with Gasteiger partial charge in [0, 0.05) is 6.04 Å². The zero-order chi connectivity index (χ0) is 12.8. The summed E-state index contributed by atoms with van der Waals surface area (Å²) in [5.74, 6) is -0.430. The number of carbonyl (C=O) groups is 2. The topological polar surface area (TPSA) is 75.6 Å². The van der Waals surface area contributed by atoms with Crippen molar-refractivity contribution in [3.05, 3.63) is 0 Å². The molecule has 0 radical (unpaired) electrons. The summed E-state index contributed by atoms with van der Waals surface area (Å²) in [4.78, 5) is 22.6. The fourth-order valence-electron chi connectivity index (χ4n) is 2.87. The fraction of sp³-hybridized carbons (Fsp3) is 0.833. The minimum absolute atomic E-state index is 0.0408. The molecule has 1 amide bonds. The molecule has 5 heteroatoms. The molecule has 3 fully saturated rings. The largest absolute Gasteiger partial charge is 0.481 e. The molecule has 0 aromatic heterocycles. The average Bonchev–Trinajstić information content (AvgIpc) is 2.52. The highest BCUT2D eigenvalue weighted by molar-refractivity contribution is 5.78. The first-order valence-corrected chi connectivity index (χ1v) is 5.95. The van der Waals surface area contributed by atoms with E-state index in [1.807, 2.05) is 0 Å². The first-order valence-electron chi connectivity index (χ1n) is 5.95. The maximum Gasteiger partial charge on any atom is 0.407 e. The maximum absolute atomic E-state index is 11.6. The molecular weight excluding hydrogens is 222 g/mol. The highest BCUT2D eigenvalue weighted by Crippen LogP contribution is 2.58. The highest BCUT2D eigenvalue weighted by atomic mass is 16.6. The van der Waals surface area contributed by atoms with Gasteiger partial charge in [0.05, 0.1) is 5.41 Å². The predicted molar refractivity (Wildman–Crippen MR) is 60.6 cm³/mol. The van der Waals surface area contributed by atoms with Gasteiger partial charge in [0.2, 0.25) is 0 Å². The number of ether oxygens (including phenoxy) is 1. The van der Waals surface area contributed by atoms with Crippen LogP contribution in [0.5, 0.6) is 0 Å². The van der Waals surface area contributed by atoms with Gasteiger partial charge in [-0.05, 0) is 46.0 Å². The third-order valence-electron chi connectivity index (χ3n) is 3.64. The zero-order valence-electron chi connectivity index (χ0n) is 10.4. The van der Waals surface area contributed by atoms with Gasteiger partial charge in [-0.3, -0.25) is 4.79 Å². The molecule has 2 bridgehead atoms. The van der Waals surface area contributed by atoms with E-state index >= 15 is 0 Å². The molecule has 0 aromatic carbocycles. The van der Waals surface area contributed by atoms with Gasteiger partial charge >= 0.3 is 12.1 Å². The first-order chi connectivity index (χ1) is 7.72. The van der Waals surface area contributed by atoms with Crippen molar-refractivity contribution in [3.8, 4) is 0 Å². The molecule has 17 heavy (non-hydrogen) atoms. The normalized spacial score (nSPS) is 35.0. The molecule has 0 saturated heterocycles. The Morgan fingerprint density at radius 2 is 1.88 bits per heavy atom. The van der Waals surface area contributed by atoms with Crippen LogP contribution in [0, 0.1) is 11.3 Å². The Morgan fingerprint density at radius 3 is 2.29 bits per heavy atom. The summed E-state index contributed by atoms with van der Waals surface area (Å²) in [5, 5.41) is 11.9. The van der Waals surface area contributed by atoms with Crippen LogP contribution in [-0.4, -0.2) is 28.8 Å². The molecule has 1 atom stereocenters. The van der Waals surface area contributed by atoms with Crippen LogP contribution in [0.15, 0.2) is 0 Å². The van der Waals surface area contributed by atoms with Gasteiger partial charge in [0.25, 0.3) is 0 Å². The lowest BCUT2D eigenvalue weighted by molar-refractivity contribution is -0.153. The lowest BCUT2D eigenvalue weighted by Crippen LogP contribution is -2.41. The van der Waals surface area contributed by atoms with Crippen molar-refractivity contribution in [3.63, 3.8) is 0 Å². The quantitative estimate of drug-likeness (QED) is 0.772. The number of carboxylic acid groups (broad SMARTS) is 1. The van der Waals surface area contributed by atoms with Gasteiger partial charge in [-0.25, -0.2) is 4.79 Å². The second-order valence-electron chi connectivity index (χ2n) is 6.21. The summed E-state index contributed by atoms with van der Waals surface area (Å²) in [6, 6.07) is -0.0408. The molecule has 3 aliphatic carbocycles. The number of hydrogen-bond donors (Lipinski definition) is 2. The number of carboxylic acids is 1. The summed E-state index contributed by atoms with van der Waals surface area (Å²) in [6.07, 6.45) is 1.45. The van der Waals surface area contributed by atoms with Crippen molar-refractivity contribution in [1.29, 1.82) is 0 Å². The second-order valence-corrected chi connectivity index (χ2v) is 6.21. The number of nitrogens with one attached hydrogen (secondary N) is 1. The van der Waals surface area contributed by atoms with Crippen molar-refractivity contribution in [1.82, 2.24) is 5.32 Å². The van der Waals surface area contributed by atoms with Crippen molar-refractivity contribution < 1.29 is 19.4 Å². The number of aliphatic carboxylic acids is 1. The number of hydrogen-bond acceptors (Lipinski definition) is 3. The van der Waals surface area contributed by atoms with Crippen LogP contribution in [0.3, 0.4) is 0 Å². The molecule has 5 nitrogen and oxygen atoms in total. The number of fused-ring (bicyclic) bond motifs is 1. The van der Waals surface area contributed by atoms with E-state index in [1.54, 1.807) is 20.8 Å². The number of amides is 1. The number of carbonyl (C=O) groups excluding carboxylic acids is 1. The highest BCUT2D eigenvalue weighted by Gasteiger charge is 2.61. The Hall–Kier alpha value is -1.26. The van der Waals surface area contributed by atoms with Gasteiger partial charge in [-0.15, -0.1) is 0 Å². The molecule has 0 aliphatic heterocycles. The summed E-state index contributed by atoms with van der Waals surface area (Å²) >= 11 is 0. The van der Waals surface area contributed by atoms with Crippen molar-refractivity contribution in [2.45, 2.75) is 51.7 Å². The van der Waals surface area contributed by atoms with E-state index in [-0.39, 0.29) is 6.04 Å². The lowest BCUT2D eigenvalue weighted by atomic mass is 9.70. The van der Waals surface area contributed by atoms with Crippen LogP contribution >= 0.6 is 0 Å². The lowest BCUT2D eigenvalue weighted by Gasteiger charge is -2.34. The van der Waals surface area contributed by atoms with E-state index < -0.39 is 23.1 Å². The first kappa shape index (κ1) is 12.2. The monoisotopic (exact) mass is 241 g/mol. The third-order valence-corrected chi connectivity index (χ3v) is 3.64. The van der Waals surface area contributed by atoms with E-state index in [9.17, 15) is 9.59 Å². The van der Waals surface area contributed by atoms with Crippen LogP contribution in [0.4, 0.5) is 4.79 Å². The Balaban J connectivity index is 1.87. The Labute approximate surface area is 101 Å². The van der Waals surface area contributed by atoms with Crippen LogP contribution in [0.25, 0.3) is 0 Å². The number of rotatable bonds is 2. The third kappa shape index (κ3) is 2.23. The molecular formula is C12H19NO4. The summed E-state index contributed by atoms with van der Waals surface area (Å²) in [5.41, 5.74) is -1.10. The molecule has 1 unspecified atom stereocenters. The Morgan fingerprint density at radius 1 is 1.29 bits per heavy atom. The summed E-state index contributed by atoms with van der Waals surface area (Å²) in [7, 11) is 0. The summed E-state index contributed by atoms with van der Waals surface area (Å²) < 4.78 is 5.16. The molecule has 96 valence electrons. The van der Waals surface area contributed by atoms with Crippen LogP contribution in [0.1, 0.15) is 40.0 Å². The maximum atomic E-state index is 11.6. The van der Waals surface area contributed by atoms with Crippen LogP contribution < -0.4 is 5.32 Å². The molecule has 2 N–H and O–H groups in total. The van der Waals surface area contributed by atoms with Crippen molar-refractivity contribution in [2.24, 2.45) is 11.3 Å². The van der Waals surface area contributed by atoms with Gasteiger partial charge in [-0.2, -0.15) is 0 Å². The fourth-order valence-corrected chi connectivity index (χ4v) is 2.87. The van der Waals surface area contributed by atoms with Gasteiger partial charge in [0.15, 0.2) is 0 Å². The molecule has 3 saturated carbocycles. The van der Waals surface area contributed by atoms with E-state index in [1.165, 1.54) is 0 Å². The Kier molecular flexibility index (Phi) is 2.60. The molecule has 0 heterocycles. The minimum Gasteiger partial charge on any atom is -0.481 e. The second kappa shape index (κ2) is 3.62. The molecule has 0 aromatic rings. The SMILES string of the molecule is CC(C)(C)OC(=O)NC1CC2(C(=O)O)CC1C2. The summed E-state index contributed by atoms with van der Waals surface area (Å²) in [6.45, 7) is 5.42. The van der Waals surface area contributed by atoms with E-state index in [0.29, 0.717) is 25.2 Å². The van der Waals surface area contributed by atoms with Crippen LogP contribution in [0.2, 0.25) is 0 Å². The van der Waals surface area contributed by atoms with Crippen molar-refractivity contribution in [2.75, 3.05) is 0 Å². The van der Waals surface area contributed by atoms with Gasteiger partial charge < -0.3 is 15.2 Å². The number of alkyl carbamates (subject to hydrolysis) is 1. The minimum atomic E-state index is -0.734. The smallest absolute Gasteiger partial charge is 0.407 e. The molecule has 3 aliphatic rings. The standard InChI is InChI=1S/C12H19NO4/c1-11(2,3)17-10(16)13-8-6-12(9(14)15)4-7(8)5-12/h7-8H,4-6H2,1-3H3,(H,13,16)(H,14,15). The van der Waals surface area contributed by atoms with Crippen molar-refractivity contribution >= 4 is 12.1 Å². The Bertz CT molecular complexity index is 352. The van der Waals surface area contributed by atoms with E-state index in [2.05, 4.69) is 5.32 Å². The predicted octanol–water partition coefficient (Wildman–Crippen LogP) is 1.76. The van der Waals surface area contributed by atoms with E-state index in [0.717, 1.165) is 0 Å². The van der Waals surface area contributed by atoms with E-state index in [4.69, 9.17) is 9.84 Å².